The van der Waals surface area contributed by atoms with E-state index in [0.717, 1.165) is 25.3 Å². The van der Waals surface area contributed by atoms with Crippen LogP contribution in [0.25, 0.3) is 20.3 Å². The standard InChI is InChI=1S/C18H19N3O3S2/c1-3-12-18(23)19-5-6-21(12)15(22)9-24-13-8-14-16(20-10(2)26-14)17-11(13)4-7-25-17/h4,7-8,12H,3,5-6,9H2,1-2H3,(H,19,23). The molecule has 1 aliphatic rings. The van der Waals surface area contributed by atoms with E-state index in [-0.39, 0.29) is 18.4 Å². The number of carbonyl (C=O) groups is 2. The monoisotopic (exact) mass is 389 g/mol. The highest BCUT2D eigenvalue weighted by Crippen LogP contribution is 2.38. The number of hydrogen-bond acceptors (Lipinski definition) is 6. The summed E-state index contributed by atoms with van der Waals surface area (Å²) in [5.74, 6) is 0.449. The molecule has 1 N–H and O–H groups in total. The molecule has 0 bridgehead atoms. The summed E-state index contributed by atoms with van der Waals surface area (Å²) in [7, 11) is 0. The quantitative estimate of drug-likeness (QED) is 0.745. The summed E-state index contributed by atoms with van der Waals surface area (Å²) in [5.41, 5.74) is 0.995. The minimum atomic E-state index is -0.410. The van der Waals surface area contributed by atoms with Crippen molar-refractivity contribution in [2.75, 3.05) is 19.7 Å². The van der Waals surface area contributed by atoms with E-state index in [1.807, 2.05) is 31.4 Å². The van der Waals surface area contributed by atoms with Crippen LogP contribution in [0.3, 0.4) is 0 Å². The van der Waals surface area contributed by atoms with Crippen molar-refractivity contribution in [1.82, 2.24) is 15.2 Å². The number of ether oxygens (including phenoxy) is 1. The van der Waals surface area contributed by atoms with Crippen molar-refractivity contribution in [3.05, 3.63) is 22.5 Å². The molecule has 6 nitrogen and oxygen atoms in total. The highest BCUT2D eigenvalue weighted by molar-refractivity contribution is 7.21. The Morgan fingerprint density at radius 2 is 2.35 bits per heavy atom. The Morgan fingerprint density at radius 1 is 1.50 bits per heavy atom. The molecule has 2 aromatic heterocycles. The lowest BCUT2D eigenvalue weighted by Gasteiger charge is -2.34. The van der Waals surface area contributed by atoms with Crippen molar-refractivity contribution in [3.8, 4) is 5.75 Å². The average molecular weight is 390 g/mol. The van der Waals surface area contributed by atoms with Gasteiger partial charge in [-0.3, -0.25) is 9.59 Å². The zero-order valence-electron chi connectivity index (χ0n) is 14.6. The Morgan fingerprint density at radius 3 is 3.15 bits per heavy atom. The molecule has 0 saturated carbocycles. The van der Waals surface area contributed by atoms with Gasteiger partial charge >= 0.3 is 0 Å². The molecule has 1 aliphatic heterocycles. The summed E-state index contributed by atoms with van der Waals surface area (Å²) in [6.45, 7) is 4.83. The van der Waals surface area contributed by atoms with Crippen LogP contribution in [0.15, 0.2) is 17.5 Å². The third-order valence-electron chi connectivity index (χ3n) is 4.56. The molecule has 0 radical (unpaired) electrons. The van der Waals surface area contributed by atoms with Gasteiger partial charge in [0.2, 0.25) is 5.91 Å². The van der Waals surface area contributed by atoms with E-state index in [2.05, 4.69) is 10.3 Å². The Kier molecular flexibility index (Phi) is 4.54. The Hall–Kier alpha value is -2.19. The fraction of sp³-hybridized carbons (Fsp3) is 0.389. The van der Waals surface area contributed by atoms with Crippen molar-refractivity contribution in [2.45, 2.75) is 26.3 Å². The Labute approximate surface area is 158 Å². The fourth-order valence-corrected chi connectivity index (χ4v) is 5.18. The molecule has 4 rings (SSSR count). The van der Waals surface area contributed by atoms with Gasteiger partial charge in [0.15, 0.2) is 6.61 Å². The Balaban J connectivity index is 1.58. The predicted molar refractivity (Wildman–Crippen MR) is 104 cm³/mol. The van der Waals surface area contributed by atoms with Crippen LogP contribution in [-0.4, -0.2) is 47.4 Å². The highest BCUT2D eigenvalue weighted by Gasteiger charge is 2.31. The van der Waals surface area contributed by atoms with Gasteiger partial charge in [-0.05, 0) is 24.8 Å². The van der Waals surface area contributed by atoms with Crippen LogP contribution in [0.4, 0.5) is 0 Å². The predicted octanol–water partition coefficient (Wildman–Crippen LogP) is 2.94. The van der Waals surface area contributed by atoms with Crippen LogP contribution in [-0.2, 0) is 9.59 Å². The van der Waals surface area contributed by atoms with Gasteiger partial charge in [0.1, 0.15) is 11.8 Å². The second-order valence-electron chi connectivity index (χ2n) is 6.21. The summed E-state index contributed by atoms with van der Waals surface area (Å²) < 4.78 is 8.04. The van der Waals surface area contributed by atoms with Crippen LogP contribution in [0, 0.1) is 6.92 Å². The molecular formula is C18H19N3O3S2. The first kappa shape index (κ1) is 17.2. The third-order valence-corrected chi connectivity index (χ3v) is 6.40. The molecule has 1 atom stereocenters. The number of carbonyl (C=O) groups excluding carboxylic acids is 2. The first-order valence-corrected chi connectivity index (χ1v) is 10.3. The second kappa shape index (κ2) is 6.85. The fourth-order valence-electron chi connectivity index (χ4n) is 3.35. The van der Waals surface area contributed by atoms with Crippen molar-refractivity contribution in [2.24, 2.45) is 0 Å². The number of thiazole rings is 1. The van der Waals surface area contributed by atoms with Crippen LogP contribution in [0.5, 0.6) is 5.75 Å². The van der Waals surface area contributed by atoms with E-state index >= 15 is 0 Å². The molecule has 8 heteroatoms. The number of piperazine rings is 1. The number of amides is 2. The van der Waals surface area contributed by atoms with Crippen molar-refractivity contribution in [3.63, 3.8) is 0 Å². The topological polar surface area (TPSA) is 71.5 Å². The maximum absolute atomic E-state index is 12.6. The van der Waals surface area contributed by atoms with E-state index < -0.39 is 6.04 Å². The number of fused-ring (bicyclic) bond motifs is 3. The summed E-state index contributed by atoms with van der Waals surface area (Å²) >= 11 is 3.25. The van der Waals surface area contributed by atoms with E-state index in [1.165, 1.54) is 0 Å². The van der Waals surface area contributed by atoms with Gasteiger partial charge in [0.25, 0.3) is 5.91 Å². The first-order chi connectivity index (χ1) is 12.6. The van der Waals surface area contributed by atoms with E-state index in [1.54, 1.807) is 27.6 Å². The Bertz CT molecular complexity index is 994. The largest absolute Gasteiger partial charge is 0.483 e. The van der Waals surface area contributed by atoms with Gasteiger partial charge in [0, 0.05) is 24.5 Å². The molecule has 1 unspecified atom stereocenters. The van der Waals surface area contributed by atoms with Gasteiger partial charge in [-0.1, -0.05) is 6.92 Å². The second-order valence-corrected chi connectivity index (χ2v) is 8.36. The van der Waals surface area contributed by atoms with E-state index in [9.17, 15) is 9.59 Å². The van der Waals surface area contributed by atoms with Crippen molar-refractivity contribution < 1.29 is 14.3 Å². The highest BCUT2D eigenvalue weighted by atomic mass is 32.1. The lowest BCUT2D eigenvalue weighted by molar-refractivity contribution is -0.144. The summed E-state index contributed by atoms with van der Waals surface area (Å²) in [5, 5.41) is 6.80. The molecule has 0 aliphatic carbocycles. The van der Waals surface area contributed by atoms with Gasteiger partial charge < -0.3 is 15.0 Å². The number of hydrogen-bond donors (Lipinski definition) is 1. The van der Waals surface area contributed by atoms with Gasteiger partial charge in [-0.25, -0.2) is 4.98 Å². The minimum Gasteiger partial charge on any atom is -0.483 e. The normalized spacial score (nSPS) is 17.7. The molecule has 1 aromatic carbocycles. The zero-order valence-corrected chi connectivity index (χ0v) is 16.2. The van der Waals surface area contributed by atoms with Crippen molar-refractivity contribution in [1.29, 1.82) is 0 Å². The van der Waals surface area contributed by atoms with E-state index in [4.69, 9.17) is 4.74 Å². The van der Waals surface area contributed by atoms with Crippen LogP contribution >= 0.6 is 22.7 Å². The molecule has 3 aromatic rings. The summed E-state index contributed by atoms with van der Waals surface area (Å²) in [6, 6.07) is 3.55. The summed E-state index contributed by atoms with van der Waals surface area (Å²) in [4.78, 5) is 30.8. The van der Waals surface area contributed by atoms with Crippen LogP contribution in [0.2, 0.25) is 0 Å². The number of benzene rings is 1. The van der Waals surface area contributed by atoms with E-state index in [0.29, 0.717) is 25.3 Å². The number of rotatable bonds is 4. The van der Waals surface area contributed by atoms with Crippen LogP contribution < -0.4 is 10.1 Å². The minimum absolute atomic E-state index is 0.0714. The number of thiophene rings is 1. The third kappa shape index (κ3) is 2.93. The lowest BCUT2D eigenvalue weighted by atomic mass is 10.1. The molecule has 0 spiro atoms. The van der Waals surface area contributed by atoms with Gasteiger partial charge in [0.05, 0.1) is 19.9 Å². The zero-order chi connectivity index (χ0) is 18.3. The molecular weight excluding hydrogens is 370 g/mol. The average Bonchev–Trinajstić information content (AvgIpc) is 3.24. The molecule has 26 heavy (non-hydrogen) atoms. The van der Waals surface area contributed by atoms with Crippen LogP contribution in [0.1, 0.15) is 18.4 Å². The molecule has 2 amide bonds. The molecule has 1 saturated heterocycles. The number of nitrogens with one attached hydrogen (secondary N) is 1. The molecule has 1 fully saturated rings. The number of aromatic nitrogens is 1. The number of nitrogens with zero attached hydrogens (tertiary/aromatic N) is 2. The number of aryl methyl sites for hydroxylation is 1. The lowest BCUT2D eigenvalue weighted by Crippen LogP contribution is -2.57. The molecule has 136 valence electrons. The molecule has 3 heterocycles. The first-order valence-electron chi connectivity index (χ1n) is 8.55. The SMILES string of the molecule is CCC1C(=O)NCCN1C(=O)COc1cc2sc(C)nc2c2sccc12. The van der Waals surface area contributed by atoms with Gasteiger partial charge in [-0.15, -0.1) is 22.7 Å². The summed E-state index contributed by atoms with van der Waals surface area (Å²) in [6.07, 6.45) is 0.596. The maximum atomic E-state index is 12.6. The van der Waals surface area contributed by atoms with Gasteiger partial charge in [-0.2, -0.15) is 0 Å². The van der Waals surface area contributed by atoms with Crippen molar-refractivity contribution >= 4 is 54.8 Å². The maximum Gasteiger partial charge on any atom is 0.261 e. The smallest absolute Gasteiger partial charge is 0.261 e.